The molecule has 1 fully saturated rings. The van der Waals surface area contributed by atoms with E-state index in [9.17, 15) is 9.59 Å². The van der Waals surface area contributed by atoms with Crippen molar-refractivity contribution in [3.63, 3.8) is 0 Å². The summed E-state index contributed by atoms with van der Waals surface area (Å²) in [5.41, 5.74) is 3.33. The fourth-order valence-electron chi connectivity index (χ4n) is 2.41. The second kappa shape index (κ2) is 4.02. The Hall–Kier alpha value is -1.36. The van der Waals surface area contributed by atoms with Gasteiger partial charge >= 0.3 is 5.97 Å². The predicted octanol–water partition coefficient (Wildman–Crippen LogP) is -0.0165. The average molecular weight is 210 g/mol. The molecule has 0 saturated carbocycles. The lowest BCUT2D eigenvalue weighted by molar-refractivity contribution is -0.137. The van der Waals surface area contributed by atoms with Crippen LogP contribution in [0.15, 0.2) is 11.6 Å². The SMILES string of the molecule is COC(=O)C1=CCC2CCC1N2NC=O. The maximum Gasteiger partial charge on any atom is 0.335 e. The van der Waals surface area contributed by atoms with E-state index >= 15 is 0 Å². The Balaban J connectivity index is 2.18. The van der Waals surface area contributed by atoms with Gasteiger partial charge in [0.25, 0.3) is 0 Å². The summed E-state index contributed by atoms with van der Waals surface area (Å²) in [6.45, 7) is 0. The maximum atomic E-state index is 11.5. The van der Waals surface area contributed by atoms with Gasteiger partial charge in [-0.05, 0) is 19.3 Å². The third-order valence-corrected chi connectivity index (χ3v) is 3.09. The second-order valence-corrected chi connectivity index (χ2v) is 3.79. The number of rotatable bonds is 3. The van der Waals surface area contributed by atoms with E-state index in [-0.39, 0.29) is 12.0 Å². The first-order valence-corrected chi connectivity index (χ1v) is 5.04. The molecule has 2 rings (SSSR count). The summed E-state index contributed by atoms with van der Waals surface area (Å²) in [7, 11) is 1.38. The van der Waals surface area contributed by atoms with Gasteiger partial charge in [0.15, 0.2) is 0 Å². The van der Waals surface area contributed by atoms with Crippen LogP contribution in [-0.4, -0.2) is 36.6 Å². The highest BCUT2D eigenvalue weighted by Crippen LogP contribution is 2.34. The second-order valence-electron chi connectivity index (χ2n) is 3.79. The fraction of sp³-hybridized carbons (Fsp3) is 0.600. The summed E-state index contributed by atoms with van der Waals surface area (Å²) in [5.74, 6) is -0.293. The van der Waals surface area contributed by atoms with Crippen LogP contribution in [-0.2, 0) is 14.3 Å². The number of fused-ring (bicyclic) bond motifs is 2. The Morgan fingerprint density at radius 2 is 2.47 bits per heavy atom. The zero-order valence-electron chi connectivity index (χ0n) is 8.60. The van der Waals surface area contributed by atoms with E-state index in [4.69, 9.17) is 4.74 Å². The largest absolute Gasteiger partial charge is 0.466 e. The highest BCUT2D eigenvalue weighted by atomic mass is 16.5. The molecule has 0 aromatic heterocycles. The van der Waals surface area contributed by atoms with Gasteiger partial charge in [0, 0.05) is 6.04 Å². The summed E-state index contributed by atoms with van der Waals surface area (Å²) < 4.78 is 4.72. The molecular weight excluding hydrogens is 196 g/mol. The molecular formula is C10H14N2O3. The number of esters is 1. The number of amides is 1. The average Bonchev–Trinajstić information content (AvgIpc) is 2.51. The normalized spacial score (nSPS) is 29.5. The molecule has 5 nitrogen and oxygen atoms in total. The first-order chi connectivity index (χ1) is 7.27. The van der Waals surface area contributed by atoms with Crippen molar-refractivity contribution < 1.29 is 14.3 Å². The molecule has 0 spiro atoms. The van der Waals surface area contributed by atoms with Crippen LogP contribution in [0.1, 0.15) is 19.3 Å². The van der Waals surface area contributed by atoms with E-state index in [1.165, 1.54) is 7.11 Å². The topological polar surface area (TPSA) is 58.6 Å². The molecule has 1 amide bonds. The minimum absolute atomic E-state index is 0.0126. The Bertz CT molecular complexity index is 314. The van der Waals surface area contributed by atoms with Gasteiger partial charge in [-0.3, -0.25) is 10.2 Å². The van der Waals surface area contributed by atoms with E-state index in [0.29, 0.717) is 18.0 Å². The lowest BCUT2D eigenvalue weighted by Crippen LogP contribution is -2.49. The van der Waals surface area contributed by atoms with Crippen molar-refractivity contribution in [1.29, 1.82) is 0 Å². The lowest BCUT2D eigenvalue weighted by atomic mass is 10.0. The molecule has 0 radical (unpaired) electrons. The molecule has 0 aromatic carbocycles. The first kappa shape index (κ1) is 10.2. The van der Waals surface area contributed by atoms with Crippen molar-refractivity contribution in [2.75, 3.05) is 7.11 Å². The van der Waals surface area contributed by atoms with Gasteiger partial charge in [-0.15, -0.1) is 0 Å². The Kier molecular flexibility index (Phi) is 2.73. The Morgan fingerprint density at radius 3 is 3.13 bits per heavy atom. The van der Waals surface area contributed by atoms with Crippen molar-refractivity contribution >= 4 is 12.4 Å². The standard InChI is InChI=1S/C10H14N2O3/c1-15-10(14)8-4-2-7-3-5-9(8)12(7)11-6-13/h4,6-7,9H,2-3,5H2,1H3,(H,11,13). The summed E-state index contributed by atoms with van der Waals surface area (Å²) >= 11 is 0. The van der Waals surface area contributed by atoms with Crippen molar-refractivity contribution in [2.24, 2.45) is 0 Å². The summed E-state index contributed by atoms with van der Waals surface area (Å²) in [5, 5.41) is 1.86. The highest BCUT2D eigenvalue weighted by molar-refractivity contribution is 5.90. The van der Waals surface area contributed by atoms with Gasteiger partial charge in [-0.25, -0.2) is 9.80 Å². The molecule has 1 N–H and O–H groups in total. The minimum atomic E-state index is -0.293. The first-order valence-electron chi connectivity index (χ1n) is 5.04. The van der Waals surface area contributed by atoms with Crippen molar-refractivity contribution in [3.05, 3.63) is 11.6 Å². The van der Waals surface area contributed by atoms with Gasteiger partial charge in [-0.1, -0.05) is 6.08 Å². The predicted molar refractivity (Wildman–Crippen MR) is 52.6 cm³/mol. The number of hydrazine groups is 1. The van der Waals surface area contributed by atoms with E-state index in [2.05, 4.69) is 5.43 Å². The van der Waals surface area contributed by atoms with E-state index in [0.717, 1.165) is 19.3 Å². The van der Waals surface area contributed by atoms with Crippen LogP contribution >= 0.6 is 0 Å². The number of hydrogen-bond donors (Lipinski definition) is 1. The monoisotopic (exact) mass is 210 g/mol. The quantitative estimate of drug-likeness (QED) is 0.525. The molecule has 2 bridgehead atoms. The van der Waals surface area contributed by atoms with Gasteiger partial charge in [0.1, 0.15) is 0 Å². The van der Waals surface area contributed by atoms with Crippen LogP contribution in [0.4, 0.5) is 0 Å². The molecule has 2 heterocycles. The summed E-state index contributed by atoms with van der Waals surface area (Å²) in [6, 6.07) is 0.315. The molecule has 2 unspecified atom stereocenters. The van der Waals surface area contributed by atoms with Crippen LogP contribution in [0.25, 0.3) is 0 Å². The van der Waals surface area contributed by atoms with Crippen LogP contribution in [0, 0.1) is 0 Å². The zero-order valence-corrected chi connectivity index (χ0v) is 8.60. The highest BCUT2D eigenvalue weighted by Gasteiger charge is 2.40. The lowest BCUT2D eigenvalue weighted by Gasteiger charge is -2.32. The third-order valence-electron chi connectivity index (χ3n) is 3.09. The van der Waals surface area contributed by atoms with Gasteiger partial charge in [0.05, 0.1) is 18.7 Å². The number of nitrogens with zero attached hydrogens (tertiary/aromatic N) is 1. The van der Waals surface area contributed by atoms with E-state index in [1.54, 1.807) is 0 Å². The van der Waals surface area contributed by atoms with Crippen LogP contribution in [0.5, 0.6) is 0 Å². The van der Waals surface area contributed by atoms with Crippen molar-refractivity contribution in [3.8, 4) is 0 Å². The summed E-state index contributed by atoms with van der Waals surface area (Å²) in [4.78, 5) is 21.9. The fourth-order valence-corrected chi connectivity index (χ4v) is 2.41. The molecule has 15 heavy (non-hydrogen) atoms. The number of carbonyl (C=O) groups is 2. The number of ether oxygens (including phenoxy) is 1. The molecule has 2 aliphatic heterocycles. The Morgan fingerprint density at radius 1 is 1.67 bits per heavy atom. The van der Waals surface area contributed by atoms with Crippen LogP contribution in [0.3, 0.4) is 0 Å². The van der Waals surface area contributed by atoms with Gasteiger partial charge in [0.2, 0.25) is 6.41 Å². The summed E-state index contributed by atoms with van der Waals surface area (Å²) in [6.07, 6.45) is 5.28. The maximum absolute atomic E-state index is 11.5. The van der Waals surface area contributed by atoms with Crippen molar-refractivity contribution in [2.45, 2.75) is 31.3 Å². The third kappa shape index (κ3) is 1.63. The molecule has 2 atom stereocenters. The molecule has 0 aromatic rings. The van der Waals surface area contributed by atoms with E-state index in [1.807, 2.05) is 11.1 Å². The number of carbonyl (C=O) groups excluding carboxylic acids is 2. The van der Waals surface area contributed by atoms with Gasteiger partial charge < -0.3 is 4.74 Å². The minimum Gasteiger partial charge on any atom is -0.466 e. The number of hydrogen-bond acceptors (Lipinski definition) is 4. The number of nitrogens with one attached hydrogen (secondary N) is 1. The van der Waals surface area contributed by atoms with Crippen LogP contribution < -0.4 is 5.43 Å². The Labute approximate surface area is 88.0 Å². The molecule has 0 aliphatic carbocycles. The molecule has 2 aliphatic rings. The molecule has 5 heteroatoms. The van der Waals surface area contributed by atoms with E-state index < -0.39 is 0 Å². The number of methoxy groups -OCH3 is 1. The zero-order chi connectivity index (χ0) is 10.8. The molecule has 82 valence electrons. The smallest absolute Gasteiger partial charge is 0.335 e. The van der Waals surface area contributed by atoms with Crippen molar-refractivity contribution in [1.82, 2.24) is 10.4 Å². The van der Waals surface area contributed by atoms with Crippen LogP contribution in [0.2, 0.25) is 0 Å². The molecule has 1 saturated heterocycles. The van der Waals surface area contributed by atoms with Gasteiger partial charge in [-0.2, -0.15) is 0 Å².